The molecule has 1 aromatic carbocycles. The molecule has 1 nitrogen and oxygen atoms in total. The van der Waals surface area contributed by atoms with Crippen LogP contribution in [0.2, 0.25) is 0 Å². The Morgan fingerprint density at radius 2 is 1.88 bits per heavy atom. The van der Waals surface area contributed by atoms with Gasteiger partial charge in [-0.05, 0) is 62.5 Å². The highest BCUT2D eigenvalue weighted by molar-refractivity contribution is 9.10. The van der Waals surface area contributed by atoms with Crippen LogP contribution in [0.3, 0.4) is 0 Å². The van der Waals surface area contributed by atoms with Gasteiger partial charge in [0.25, 0.3) is 0 Å². The second-order valence-corrected chi connectivity index (χ2v) is 6.08. The van der Waals surface area contributed by atoms with Gasteiger partial charge in [-0.1, -0.05) is 23.9 Å². The van der Waals surface area contributed by atoms with Gasteiger partial charge in [0.15, 0.2) is 0 Å². The minimum Gasteiger partial charge on any atom is -0.248 e. The van der Waals surface area contributed by atoms with Gasteiger partial charge in [-0.15, -0.1) is 0 Å². The average Bonchev–Trinajstić information content (AvgIpc) is 2.27. The SMILES string of the molecule is Cc1cc(Sc2ccccc2Br)ncc1Br. The third kappa shape index (κ3) is 2.87. The highest BCUT2D eigenvalue weighted by Crippen LogP contribution is 2.33. The van der Waals surface area contributed by atoms with Crippen LogP contribution in [-0.2, 0) is 0 Å². The second kappa shape index (κ2) is 5.34. The fourth-order valence-electron chi connectivity index (χ4n) is 1.21. The molecule has 16 heavy (non-hydrogen) atoms. The Kier molecular flexibility index (Phi) is 4.05. The lowest BCUT2D eigenvalue weighted by atomic mass is 10.3. The minimum atomic E-state index is 1.01. The van der Waals surface area contributed by atoms with Crippen LogP contribution in [0.15, 0.2) is 55.4 Å². The summed E-state index contributed by atoms with van der Waals surface area (Å²) in [6, 6.07) is 10.2. The molecule has 2 aromatic rings. The summed E-state index contributed by atoms with van der Waals surface area (Å²) < 4.78 is 2.14. The van der Waals surface area contributed by atoms with E-state index in [1.54, 1.807) is 11.8 Å². The molecule has 0 bridgehead atoms. The van der Waals surface area contributed by atoms with Crippen LogP contribution in [0.1, 0.15) is 5.56 Å². The summed E-state index contributed by atoms with van der Waals surface area (Å²) >= 11 is 8.64. The fraction of sp³-hybridized carbons (Fsp3) is 0.0833. The van der Waals surface area contributed by atoms with Gasteiger partial charge in [0.1, 0.15) is 5.03 Å². The Morgan fingerprint density at radius 1 is 1.12 bits per heavy atom. The molecule has 0 atom stereocenters. The van der Waals surface area contributed by atoms with Crippen molar-refractivity contribution < 1.29 is 0 Å². The standard InChI is InChI=1S/C12H9Br2NS/c1-8-6-12(15-7-10(8)14)16-11-5-3-2-4-9(11)13/h2-7H,1H3. The number of benzene rings is 1. The lowest BCUT2D eigenvalue weighted by Gasteiger charge is -2.04. The minimum absolute atomic E-state index is 1.01. The summed E-state index contributed by atoms with van der Waals surface area (Å²) in [7, 11) is 0. The van der Waals surface area contributed by atoms with Crippen molar-refractivity contribution in [1.29, 1.82) is 0 Å². The van der Waals surface area contributed by atoms with Gasteiger partial charge in [0, 0.05) is 20.0 Å². The molecule has 4 heteroatoms. The molecule has 1 heterocycles. The summed E-state index contributed by atoms with van der Waals surface area (Å²) in [5.74, 6) is 0. The molecule has 0 saturated carbocycles. The number of pyridine rings is 1. The maximum atomic E-state index is 4.37. The van der Waals surface area contributed by atoms with E-state index < -0.39 is 0 Å². The maximum Gasteiger partial charge on any atom is 0.101 e. The number of hydrogen-bond acceptors (Lipinski definition) is 2. The maximum absolute atomic E-state index is 4.37. The first-order valence-electron chi connectivity index (χ1n) is 4.71. The Bertz CT molecular complexity index is 514. The van der Waals surface area contributed by atoms with Crippen LogP contribution in [0, 0.1) is 6.92 Å². The van der Waals surface area contributed by atoms with E-state index in [0.717, 1.165) is 14.0 Å². The molecule has 82 valence electrons. The summed E-state index contributed by atoms with van der Waals surface area (Å²) in [6.07, 6.45) is 1.84. The molecule has 0 unspecified atom stereocenters. The van der Waals surface area contributed by atoms with Crippen molar-refractivity contribution in [1.82, 2.24) is 4.98 Å². The van der Waals surface area contributed by atoms with E-state index in [-0.39, 0.29) is 0 Å². The quantitative estimate of drug-likeness (QED) is 0.743. The molecule has 0 aliphatic rings. The molecule has 0 N–H and O–H groups in total. The first-order chi connectivity index (χ1) is 7.66. The first-order valence-corrected chi connectivity index (χ1v) is 7.11. The van der Waals surface area contributed by atoms with E-state index in [1.165, 1.54) is 10.5 Å². The number of rotatable bonds is 2. The van der Waals surface area contributed by atoms with Crippen LogP contribution < -0.4 is 0 Å². The Hall–Kier alpha value is -0.320. The first kappa shape index (κ1) is 12.1. The highest BCUT2D eigenvalue weighted by atomic mass is 79.9. The second-order valence-electron chi connectivity index (χ2n) is 3.30. The molecular weight excluding hydrogens is 350 g/mol. The number of halogens is 2. The number of aromatic nitrogens is 1. The molecule has 0 fully saturated rings. The Balaban J connectivity index is 2.28. The van der Waals surface area contributed by atoms with Gasteiger partial charge in [-0.3, -0.25) is 0 Å². The van der Waals surface area contributed by atoms with E-state index in [1.807, 2.05) is 24.4 Å². The van der Waals surface area contributed by atoms with Crippen molar-refractivity contribution in [2.24, 2.45) is 0 Å². The zero-order valence-electron chi connectivity index (χ0n) is 8.58. The smallest absolute Gasteiger partial charge is 0.101 e. The molecular formula is C12H9Br2NS. The molecule has 0 radical (unpaired) electrons. The van der Waals surface area contributed by atoms with Crippen molar-refractivity contribution in [3.63, 3.8) is 0 Å². The van der Waals surface area contributed by atoms with Crippen LogP contribution in [-0.4, -0.2) is 4.98 Å². The van der Waals surface area contributed by atoms with Gasteiger partial charge in [0.2, 0.25) is 0 Å². The lowest BCUT2D eigenvalue weighted by molar-refractivity contribution is 1.10. The van der Waals surface area contributed by atoms with E-state index in [9.17, 15) is 0 Å². The zero-order chi connectivity index (χ0) is 11.5. The molecule has 2 rings (SSSR count). The third-order valence-corrected chi connectivity index (χ3v) is 4.87. The molecule has 0 saturated heterocycles. The largest absolute Gasteiger partial charge is 0.248 e. The van der Waals surface area contributed by atoms with Crippen molar-refractivity contribution in [2.45, 2.75) is 16.8 Å². The Labute approximate surface area is 116 Å². The van der Waals surface area contributed by atoms with E-state index >= 15 is 0 Å². The number of nitrogens with zero attached hydrogens (tertiary/aromatic N) is 1. The normalized spacial score (nSPS) is 10.4. The van der Waals surface area contributed by atoms with E-state index in [2.05, 4.69) is 55.9 Å². The fourth-order valence-corrected chi connectivity index (χ4v) is 2.83. The van der Waals surface area contributed by atoms with E-state index in [4.69, 9.17) is 0 Å². The van der Waals surface area contributed by atoms with Crippen molar-refractivity contribution in [2.75, 3.05) is 0 Å². The van der Waals surface area contributed by atoms with Gasteiger partial charge in [-0.2, -0.15) is 0 Å². The highest BCUT2D eigenvalue weighted by Gasteiger charge is 2.04. The van der Waals surface area contributed by atoms with Crippen molar-refractivity contribution >= 4 is 43.6 Å². The summed E-state index contributed by atoms with van der Waals surface area (Å²) in [5.41, 5.74) is 1.20. The molecule has 0 amide bonds. The summed E-state index contributed by atoms with van der Waals surface area (Å²) in [5, 5.41) is 1.01. The van der Waals surface area contributed by atoms with Crippen LogP contribution in [0.25, 0.3) is 0 Å². The molecule has 0 spiro atoms. The van der Waals surface area contributed by atoms with Gasteiger partial charge < -0.3 is 0 Å². The van der Waals surface area contributed by atoms with Gasteiger partial charge >= 0.3 is 0 Å². The summed E-state index contributed by atoms with van der Waals surface area (Å²) in [4.78, 5) is 5.55. The number of hydrogen-bond donors (Lipinski definition) is 0. The topological polar surface area (TPSA) is 12.9 Å². The van der Waals surface area contributed by atoms with E-state index in [0.29, 0.717) is 0 Å². The van der Waals surface area contributed by atoms with Crippen LogP contribution in [0.5, 0.6) is 0 Å². The molecule has 1 aromatic heterocycles. The zero-order valence-corrected chi connectivity index (χ0v) is 12.6. The predicted octanol–water partition coefficient (Wildman–Crippen LogP) is 5.07. The van der Waals surface area contributed by atoms with Crippen molar-refractivity contribution in [3.05, 3.63) is 51.0 Å². The van der Waals surface area contributed by atoms with Gasteiger partial charge in [0.05, 0.1) is 0 Å². The third-order valence-electron chi connectivity index (χ3n) is 2.07. The average molecular weight is 359 g/mol. The monoisotopic (exact) mass is 357 g/mol. The molecule has 0 aliphatic heterocycles. The van der Waals surface area contributed by atoms with Crippen LogP contribution in [0.4, 0.5) is 0 Å². The predicted molar refractivity (Wildman–Crippen MR) is 74.9 cm³/mol. The van der Waals surface area contributed by atoms with Gasteiger partial charge in [-0.25, -0.2) is 4.98 Å². The van der Waals surface area contributed by atoms with Crippen LogP contribution >= 0.6 is 43.6 Å². The van der Waals surface area contributed by atoms with Crippen molar-refractivity contribution in [3.8, 4) is 0 Å². The lowest BCUT2D eigenvalue weighted by Crippen LogP contribution is -1.84. The summed E-state index contributed by atoms with van der Waals surface area (Å²) in [6.45, 7) is 2.07. The molecule has 0 aliphatic carbocycles. The Morgan fingerprint density at radius 3 is 2.56 bits per heavy atom. The number of aryl methyl sites for hydroxylation is 1.